The lowest BCUT2D eigenvalue weighted by atomic mass is 10.1. The lowest BCUT2D eigenvalue weighted by Gasteiger charge is -2.28. The first-order chi connectivity index (χ1) is 10.9. The number of ether oxygens (including phenoxy) is 1. The topological polar surface area (TPSA) is 59.5 Å². The minimum Gasteiger partial charge on any atom is -0.488 e. The van der Waals surface area contributed by atoms with Crippen molar-refractivity contribution in [2.75, 3.05) is 7.05 Å². The predicted molar refractivity (Wildman–Crippen MR) is 83.2 cm³/mol. The molecule has 2 atom stereocenters. The maximum atomic E-state index is 13.3. The van der Waals surface area contributed by atoms with Crippen molar-refractivity contribution in [2.45, 2.75) is 30.4 Å². The second kappa shape index (κ2) is 5.90. The van der Waals surface area contributed by atoms with Gasteiger partial charge >= 0.3 is 0 Å². The summed E-state index contributed by atoms with van der Waals surface area (Å²) in [7, 11) is -2.37. The third kappa shape index (κ3) is 2.94. The Morgan fingerprint density at radius 3 is 2.78 bits per heavy atom. The lowest BCUT2D eigenvalue weighted by Crippen LogP contribution is -2.44. The molecule has 0 N–H and O–H groups in total. The normalized spacial score (nSPS) is 18.5. The second-order valence-electron chi connectivity index (χ2n) is 5.57. The van der Waals surface area contributed by atoms with Crippen LogP contribution in [0.1, 0.15) is 12.5 Å². The van der Waals surface area contributed by atoms with E-state index in [1.54, 1.807) is 6.92 Å². The Balaban J connectivity index is 1.82. The summed E-state index contributed by atoms with van der Waals surface area (Å²) in [6.07, 6.45) is 2.47. The van der Waals surface area contributed by atoms with Crippen LogP contribution in [-0.4, -0.2) is 36.9 Å². The first-order valence-corrected chi connectivity index (χ1v) is 8.67. The van der Waals surface area contributed by atoms with Gasteiger partial charge in [-0.3, -0.25) is 4.98 Å². The molecular formula is C16H17FN2O3S. The van der Waals surface area contributed by atoms with Gasteiger partial charge in [-0.1, -0.05) is 18.2 Å². The van der Waals surface area contributed by atoms with Crippen molar-refractivity contribution in [3.05, 3.63) is 54.1 Å². The van der Waals surface area contributed by atoms with Gasteiger partial charge in [0.05, 0.1) is 12.2 Å². The molecule has 7 heteroatoms. The van der Waals surface area contributed by atoms with Gasteiger partial charge in [-0.15, -0.1) is 0 Å². The minimum absolute atomic E-state index is 0.164. The Kier molecular flexibility index (Phi) is 4.08. The summed E-state index contributed by atoms with van der Waals surface area (Å²) in [5.74, 6) is 0.0965. The first kappa shape index (κ1) is 15.9. The van der Waals surface area contributed by atoms with Crippen molar-refractivity contribution < 1.29 is 17.5 Å². The number of halogens is 1. The molecule has 1 aliphatic heterocycles. The Morgan fingerprint density at radius 1 is 1.35 bits per heavy atom. The zero-order valence-corrected chi connectivity index (χ0v) is 13.6. The van der Waals surface area contributed by atoms with E-state index in [2.05, 4.69) is 4.98 Å². The lowest BCUT2D eigenvalue weighted by molar-refractivity contribution is 0.153. The van der Waals surface area contributed by atoms with Gasteiger partial charge in [0, 0.05) is 19.7 Å². The molecule has 5 nitrogen and oxygen atoms in total. The number of benzene rings is 1. The molecule has 0 radical (unpaired) electrons. The highest BCUT2D eigenvalue weighted by Gasteiger charge is 2.35. The van der Waals surface area contributed by atoms with Crippen molar-refractivity contribution in [1.29, 1.82) is 0 Å². The summed E-state index contributed by atoms with van der Waals surface area (Å²) in [6, 6.07) is 8.20. The van der Waals surface area contributed by atoms with E-state index in [0.717, 1.165) is 29.8 Å². The Morgan fingerprint density at radius 2 is 2.09 bits per heavy atom. The van der Waals surface area contributed by atoms with Crippen LogP contribution in [-0.2, 0) is 16.4 Å². The number of fused-ring (bicyclic) bond motifs is 1. The summed E-state index contributed by atoms with van der Waals surface area (Å²) in [5, 5.41) is 0. The first-order valence-electron chi connectivity index (χ1n) is 7.23. The van der Waals surface area contributed by atoms with Crippen molar-refractivity contribution in [1.82, 2.24) is 9.29 Å². The number of para-hydroxylation sites is 1. The van der Waals surface area contributed by atoms with Crippen LogP contribution < -0.4 is 4.74 Å². The van der Waals surface area contributed by atoms with Gasteiger partial charge in [0.15, 0.2) is 0 Å². The van der Waals surface area contributed by atoms with Gasteiger partial charge in [0.25, 0.3) is 0 Å². The van der Waals surface area contributed by atoms with Gasteiger partial charge in [0.2, 0.25) is 10.0 Å². The van der Waals surface area contributed by atoms with Crippen LogP contribution in [0.4, 0.5) is 4.39 Å². The third-order valence-corrected chi connectivity index (χ3v) is 6.05. The molecule has 122 valence electrons. The van der Waals surface area contributed by atoms with Gasteiger partial charge < -0.3 is 4.74 Å². The maximum absolute atomic E-state index is 13.3. The largest absolute Gasteiger partial charge is 0.488 e. The molecule has 1 aromatic heterocycles. The molecule has 1 aliphatic rings. The van der Waals surface area contributed by atoms with Gasteiger partial charge in [0.1, 0.15) is 22.6 Å². The van der Waals surface area contributed by atoms with E-state index in [1.165, 1.54) is 11.4 Å². The smallest absolute Gasteiger partial charge is 0.244 e. The highest BCUT2D eigenvalue weighted by Crippen LogP contribution is 2.31. The summed E-state index contributed by atoms with van der Waals surface area (Å²) < 4.78 is 45.6. The molecule has 3 rings (SSSR count). The average molecular weight is 336 g/mol. The fourth-order valence-corrected chi connectivity index (χ4v) is 3.99. The second-order valence-corrected chi connectivity index (χ2v) is 7.57. The fourth-order valence-electron chi connectivity index (χ4n) is 2.63. The molecule has 0 amide bonds. The van der Waals surface area contributed by atoms with Crippen molar-refractivity contribution in [3.63, 3.8) is 0 Å². The number of sulfonamides is 1. The molecule has 23 heavy (non-hydrogen) atoms. The number of aromatic nitrogens is 1. The molecule has 2 unspecified atom stereocenters. The van der Waals surface area contributed by atoms with Crippen LogP contribution in [0.15, 0.2) is 47.6 Å². The molecule has 0 aliphatic carbocycles. The monoisotopic (exact) mass is 336 g/mol. The summed E-state index contributed by atoms with van der Waals surface area (Å²) in [6.45, 7) is 1.78. The van der Waals surface area contributed by atoms with Gasteiger partial charge in [-0.25, -0.2) is 12.8 Å². The molecular weight excluding hydrogens is 319 g/mol. The van der Waals surface area contributed by atoms with E-state index >= 15 is 0 Å². The number of hydrogen-bond donors (Lipinski definition) is 0. The maximum Gasteiger partial charge on any atom is 0.244 e. The zero-order chi connectivity index (χ0) is 16.6. The van der Waals surface area contributed by atoms with Crippen LogP contribution >= 0.6 is 0 Å². The molecule has 0 fully saturated rings. The molecule has 2 aromatic rings. The standard InChI is InChI=1S/C16H17FN2O3S/c1-11(16-7-12-5-3-4-6-15(12)22-16)19(2)23(20,21)14-8-13(17)9-18-10-14/h3-6,8-11,16H,7H2,1-2H3. The van der Waals surface area contributed by atoms with E-state index in [1.807, 2.05) is 24.3 Å². The van der Waals surface area contributed by atoms with E-state index in [4.69, 9.17) is 4.74 Å². The molecule has 0 saturated carbocycles. The molecule has 0 bridgehead atoms. The van der Waals surface area contributed by atoms with Crippen molar-refractivity contribution in [3.8, 4) is 5.75 Å². The Bertz CT molecular complexity index is 801. The SMILES string of the molecule is CC(C1Cc2ccccc2O1)N(C)S(=O)(=O)c1cncc(F)c1. The number of nitrogens with zero attached hydrogens (tertiary/aromatic N) is 2. The van der Waals surface area contributed by atoms with Crippen LogP contribution in [0.3, 0.4) is 0 Å². The van der Waals surface area contributed by atoms with Crippen LogP contribution in [0, 0.1) is 5.82 Å². The highest BCUT2D eigenvalue weighted by molar-refractivity contribution is 7.89. The van der Waals surface area contributed by atoms with E-state index < -0.39 is 21.9 Å². The van der Waals surface area contributed by atoms with E-state index in [0.29, 0.717) is 6.42 Å². The summed E-state index contributed by atoms with van der Waals surface area (Å²) in [5.41, 5.74) is 1.06. The molecule has 1 aromatic carbocycles. The molecule has 0 saturated heterocycles. The summed E-state index contributed by atoms with van der Waals surface area (Å²) >= 11 is 0. The van der Waals surface area contributed by atoms with Gasteiger partial charge in [-0.05, 0) is 24.6 Å². The zero-order valence-electron chi connectivity index (χ0n) is 12.8. The van der Waals surface area contributed by atoms with Crippen LogP contribution in [0.25, 0.3) is 0 Å². The Labute approximate surface area is 134 Å². The number of likely N-dealkylation sites (N-methyl/N-ethyl adjacent to an activating group) is 1. The number of pyridine rings is 1. The summed E-state index contributed by atoms with van der Waals surface area (Å²) in [4.78, 5) is 3.45. The molecule has 0 spiro atoms. The fraction of sp³-hybridized carbons (Fsp3) is 0.312. The number of hydrogen-bond acceptors (Lipinski definition) is 4. The van der Waals surface area contributed by atoms with Crippen LogP contribution in [0.5, 0.6) is 5.75 Å². The van der Waals surface area contributed by atoms with E-state index in [-0.39, 0.29) is 11.0 Å². The Hall–Kier alpha value is -1.99. The van der Waals surface area contributed by atoms with Gasteiger partial charge in [-0.2, -0.15) is 4.31 Å². The van der Waals surface area contributed by atoms with Crippen LogP contribution in [0.2, 0.25) is 0 Å². The minimum atomic E-state index is -3.83. The quantitative estimate of drug-likeness (QED) is 0.859. The van der Waals surface area contributed by atoms with E-state index in [9.17, 15) is 12.8 Å². The van der Waals surface area contributed by atoms with Crippen molar-refractivity contribution >= 4 is 10.0 Å². The van der Waals surface area contributed by atoms with Crippen molar-refractivity contribution in [2.24, 2.45) is 0 Å². The average Bonchev–Trinajstić information content (AvgIpc) is 2.97. The predicted octanol–water partition coefficient (Wildman–Crippen LogP) is 2.23. The third-order valence-electron chi connectivity index (χ3n) is 4.14. The highest BCUT2D eigenvalue weighted by atomic mass is 32.2. The molecule has 2 heterocycles. The number of rotatable bonds is 4.